The highest BCUT2D eigenvalue weighted by Crippen LogP contribution is 2.28. The number of ether oxygens (including phenoxy) is 3. The molecular weight excluding hydrogens is 445 g/mol. The third-order valence-corrected chi connectivity index (χ3v) is 3.54. The minimum atomic E-state index is 0. The van der Waals surface area contributed by atoms with Gasteiger partial charge >= 0.3 is 0 Å². The molecule has 2 rings (SSSR count). The lowest BCUT2D eigenvalue weighted by molar-refractivity contribution is 0.185. The number of nitrogens with zero attached hydrogens (tertiary/aromatic N) is 1. The summed E-state index contributed by atoms with van der Waals surface area (Å²) in [4.78, 5) is 4.39. The number of halogens is 1. The molecule has 0 aliphatic carbocycles. The molecule has 2 aromatic carbocycles. The van der Waals surface area contributed by atoms with Crippen LogP contribution in [0.2, 0.25) is 0 Å². The highest BCUT2D eigenvalue weighted by atomic mass is 127. The fourth-order valence-corrected chi connectivity index (χ4v) is 2.37. The number of nitrogens with one attached hydrogen (secondary N) is 1. The van der Waals surface area contributed by atoms with E-state index >= 15 is 0 Å². The summed E-state index contributed by atoms with van der Waals surface area (Å²) >= 11 is 0. The third kappa shape index (κ3) is 6.38. The number of hydrogen-bond acceptors (Lipinski definition) is 4. The predicted octanol–water partition coefficient (Wildman–Crippen LogP) is 3.79. The summed E-state index contributed by atoms with van der Waals surface area (Å²) in [6.45, 7) is 3.45. The quantitative estimate of drug-likeness (QED) is 0.348. The molecule has 0 saturated carbocycles. The molecule has 0 heterocycles. The Morgan fingerprint density at radius 2 is 1.88 bits per heavy atom. The van der Waals surface area contributed by atoms with Crippen molar-refractivity contribution in [3.8, 4) is 11.5 Å². The van der Waals surface area contributed by atoms with Crippen LogP contribution in [0.15, 0.2) is 47.5 Å². The Morgan fingerprint density at radius 3 is 2.58 bits per heavy atom. The number of guanidine groups is 1. The van der Waals surface area contributed by atoms with E-state index in [-0.39, 0.29) is 24.0 Å². The number of anilines is 1. The zero-order valence-corrected chi connectivity index (χ0v) is 17.7. The number of nitrogens with two attached hydrogens (primary N) is 1. The topological polar surface area (TPSA) is 78.1 Å². The number of para-hydroxylation sites is 1. The van der Waals surface area contributed by atoms with Crippen LogP contribution in [-0.4, -0.2) is 26.8 Å². The molecule has 0 atom stereocenters. The monoisotopic (exact) mass is 471 g/mol. The highest BCUT2D eigenvalue weighted by Gasteiger charge is 2.06. The van der Waals surface area contributed by atoms with Crippen molar-refractivity contribution in [2.45, 2.75) is 20.1 Å². The first-order chi connectivity index (χ1) is 12.2. The summed E-state index contributed by atoms with van der Waals surface area (Å²) in [7, 11) is 3.28. The molecule has 0 fully saturated rings. The second-order valence-electron chi connectivity index (χ2n) is 5.33. The van der Waals surface area contributed by atoms with Crippen LogP contribution in [0.25, 0.3) is 0 Å². The first kappa shape index (κ1) is 22.0. The molecule has 0 radical (unpaired) electrons. The summed E-state index contributed by atoms with van der Waals surface area (Å²) in [5.74, 6) is 1.75. The first-order valence-corrected chi connectivity index (χ1v) is 8.11. The maximum Gasteiger partial charge on any atom is 0.193 e. The van der Waals surface area contributed by atoms with Crippen molar-refractivity contribution in [3.63, 3.8) is 0 Å². The van der Waals surface area contributed by atoms with E-state index in [0.717, 1.165) is 16.8 Å². The van der Waals surface area contributed by atoms with Gasteiger partial charge in [-0.05, 0) is 30.7 Å². The van der Waals surface area contributed by atoms with Gasteiger partial charge in [0, 0.05) is 18.4 Å². The van der Waals surface area contributed by atoms with Gasteiger partial charge in [0.15, 0.2) is 17.5 Å². The van der Waals surface area contributed by atoms with E-state index in [1.165, 1.54) is 0 Å². The van der Waals surface area contributed by atoms with Crippen molar-refractivity contribution in [3.05, 3.63) is 53.6 Å². The molecule has 26 heavy (non-hydrogen) atoms. The number of methoxy groups -OCH3 is 2. The van der Waals surface area contributed by atoms with Gasteiger partial charge in [0.25, 0.3) is 0 Å². The van der Waals surface area contributed by atoms with Crippen molar-refractivity contribution in [2.24, 2.45) is 10.7 Å². The lowest BCUT2D eigenvalue weighted by Gasteiger charge is -2.12. The number of hydrogen-bond donors (Lipinski definition) is 2. The predicted molar refractivity (Wildman–Crippen MR) is 116 cm³/mol. The van der Waals surface area contributed by atoms with Gasteiger partial charge in [-0.2, -0.15) is 0 Å². The molecule has 0 saturated heterocycles. The molecule has 0 aromatic heterocycles. The zero-order chi connectivity index (χ0) is 18.1. The smallest absolute Gasteiger partial charge is 0.193 e. The Hall–Kier alpha value is -2.00. The van der Waals surface area contributed by atoms with Crippen LogP contribution in [0.4, 0.5) is 5.69 Å². The highest BCUT2D eigenvalue weighted by molar-refractivity contribution is 14.0. The largest absolute Gasteiger partial charge is 0.493 e. The number of benzene rings is 2. The summed E-state index contributed by atoms with van der Waals surface area (Å²) in [5, 5.41) is 3.12. The second kappa shape index (κ2) is 11.6. The van der Waals surface area contributed by atoms with E-state index in [0.29, 0.717) is 37.2 Å². The number of aliphatic imine (C=N–C) groups is 1. The normalized spacial score (nSPS) is 10.8. The Labute approximate surface area is 171 Å². The molecule has 0 aliphatic rings. The Kier molecular flexibility index (Phi) is 9.82. The van der Waals surface area contributed by atoms with E-state index in [9.17, 15) is 0 Å². The molecule has 0 spiro atoms. The summed E-state index contributed by atoms with van der Waals surface area (Å²) in [5.41, 5.74) is 8.90. The lowest BCUT2D eigenvalue weighted by atomic mass is 10.2. The van der Waals surface area contributed by atoms with Crippen LogP contribution < -0.4 is 20.5 Å². The second-order valence-corrected chi connectivity index (χ2v) is 5.33. The molecule has 0 bridgehead atoms. The van der Waals surface area contributed by atoms with Crippen LogP contribution in [0.1, 0.15) is 18.1 Å². The zero-order valence-electron chi connectivity index (χ0n) is 15.3. The van der Waals surface area contributed by atoms with Crippen LogP contribution >= 0.6 is 24.0 Å². The maximum absolute atomic E-state index is 6.01. The summed E-state index contributed by atoms with van der Waals surface area (Å²) in [6, 6.07) is 13.5. The van der Waals surface area contributed by atoms with Crippen molar-refractivity contribution in [1.29, 1.82) is 0 Å². The van der Waals surface area contributed by atoms with Gasteiger partial charge in [-0.15, -0.1) is 24.0 Å². The molecule has 142 valence electrons. The molecular formula is C19H26IN3O3. The van der Waals surface area contributed by atoms with Crippen molar-refractivity contribution in [2.75, 3.05) is 26.1 Å². The summed E-state index contributed by atoms with van der Waals surface area (Å²) < 4.78 is 16.1. The minimum Gasteiger partial charge on any atom is -0.493 e. The van der Waals surface area contributed by atoms with E-state index in [1.807, 2.05) is 49.4 Å². The van der Waals surface area contributed by atoms with Gasteiger partial charge in [0.05, 0.1) is 26.9 Å². The van der Waals surface area contributed by atoms with E-state index < -0.39 is 0 Å². The average molecular weight is 471 g/mol. The van der Waals surface area contributed by atoms with Crippen LogP contribution in [-0.2, 0) is 17.9 Å². The molecule has 7 heteroatoms. The molecule has 0 unspecified atom stereocenters. The van der Waals surface area contributed by atoms with Crippen molar-refractivity contribution < 1.29 is 14.2 Å². The van der Waals surface area contributed by atoms with Crippen LogP contribution in [0.3, 0.4) is 0 Å². The maximum atomic E-state index is 6.01. The first-order valence-electron chi connectivity index (χ1n) is 8.11. The van der Waals surface area contributed by atoms with Crippen LogP contribution in [0.5, 0.6) is 11.5 Å². The van der Waals surface area contributed by atoms with Gasteiger partial charge in [-0.25, -0.2) is 4.99 Å². The fourth-order valence-electron chi connectivity index (χ4n) is 2.37. The minimum absolute atomic E-state index is 0. The fraction of sp³-hybridized carbons (Fsp3) is 0.316. The van der Waals surface area contributed by atoms with Gasteiger partial charge in [0.2, 0.25) is 0 Å². The van der Waals surface area contributed by atoms with Crippen molar-refractivity contribution >= 4 is 35.6 Å². The van der Waals surface area contributed by atoms with Gasteiger partial charge in [-0.1, -0.05) is 24.3 Å². The van der Waals surface area contributed by atoms with Crippen LogP contribution in [0, 0.1) is 0 Å². The molecule has 6 nitrogen and oxygen atoms in total. The van der Waals surface area contributed by atoms with E-state index in [4.69, 9.17) is 19.9 Å². The Morgan fingerprint density at radius 1 is 1.12 bits per heavy atom. The standard InChI is InChI=1S/C19H25N3O3.HI/c1-4-25-18-11-14(9-10-17(18)24-3)12-21-19(20)22-16-8-6-5-7-15(16)13-23-2;/h5-11H,4,12-13H2,1-3H3,(H3,20,21,22);1H. The van der Waals surface area contributed by atoms with Gasteiger partial charge in [0.1, 0.15) is 0 Å². The molecule has 0 amide bonds. The Bertz CT molecular complexity index is 723. The van der Waals surface area contributed by atoms with Gasteiger partial charge < -0.3 is 25.3 Å². The van der Waals surface area contributed by atoms with Crippen molar-refractivity contribution in [1.82, 2.24) is 0 Å². The van der Waals surface area contributed by atoms with E-state index in [2.05, 4.69) is 10.3 Å². The lowest BCUT2D eigenvalue weighted by Crippen LogP contribution is -2.23. The Balaban J connectivity index is 0.00000338. The average Bonchev–Trinajstić information content (AvgIpc) is 2.62. The SMILES string of the molecule is CCOc1cc(CN=C(N)Nc2ccccc2COC)ccc1OC.I. The molecule has 3 N–H and O–H groups in total. The van der Waals surface area contributed by atoms with E-state index in [1.54, 1.807) is 14.2 Å². The van der Waals surface area contributed by atoms with Gasteiger partial charge in [-0.3, -0.25) is 0 Å². The number of rotatable bonds is 8. The molecule has 2 aromatic rings. The summed E-state index contributed by atoms with van der Waals surface area (Å²) in [6.07, 6.45) is 0. The molecule has 0 aliphatic heterocycles. The third-order valence-electron chi connectivity index (χ3n) is 3.54.